The summed E-state index contributed by atoms with van der Waals surface area (Å²) in [6.45, 7) is 3.97. The molecule has 26 heavy (non-hydrogen) atoms. The maximum absolute atomic E-state index is 13.4. The van der Waals surface area contributed by atoms with Crippen molar-refractivity contribution in [1.29, 1.82) is 0 Å². The van der Waals surface area contributed by atoms with E-state index in [1.54, 1.807) is 23.9 Å². The molecule has 0 saturated heterocycles. The summed E-state index contributed by atoms with van der Waals surface area (Å²) in [7, 11) is 3.60. The number of carbonyl (C=O) groups is 2. The summed E-state index contributed by atoms with van der Waals surface area (Å²) in [5.41, 5.74) is 2.05. The van der Waals surface area contributed by atoms with Crippen molar-refractivity contribution in [3.05, 3.63) is 65.7 Å². The highest BCUT2D eigenvalue weighted by Crippen LogP contribution is 2.45. The molecule has 1 heterocycles. The summed E-state index contributed by atoms with van der Waals surface area (Å²) < 4.78 is 0. The molecule has 0 spiro atoms. The molecule has 0 fully saturated rings. The van der Waals surface area contributed by atoms with Gasteiger partial charge in [-0.15, -0.1) is 0 Å². The minimum Gasteiger partial charge on any atom is -0.343 e. The zero-order valence-electron chi connectivity index (χ0n) is 15.9. The smallest absolute Gasteiger partial charge is 0.238 e. The Morgan fingerprint density at radius 2 is 1.69 bits per heavy atom. The monoisotopic (exact) mass is 350 g/mol. The second-order valence-corrected chi connectivity index (χ2v) is 7.40. The maximum atomic E-state index is 13.4. The number of hydrogen-bond acceptors (Lipinski definition) is 2. The number of rotatable bonds is 5. The molecule has 0 aliphatic carbocycles. The lowest BCUT2D eigenvalue weighted by molar-refractivity contribution is -0.136. The van der Waals surface area contributed by atoms with Gasteiger partial charge in [-0.05, 0) is 37.5 Å². The van der Waals surface area contributed by atoms with Crippen LogP contribution in [0.5, 0.6) is 0 Å². The molecule has 1 aliphatic rings. The van der Waals surface area contributed by atoms with E-state index in [2.05, 4.69) is 0 Å². The van der Waals surface area contributed by atoms with Crippen LogP contribution in [-0.4, -0.2) is 36.9 Å². The molecule has 0 N–H and O–H groups in total. The topological polar surface area (TPSA) is 40.6 Å². The van der Waals surface area contributed by atoms with E-state index < -0.39 is 5.41 Å². The van der Waals surface area contributed by atoms with Crippen molar-refractivity contribution in [2.45, 2.75) is 38.1 Å². The van der Waals surface area contributed by atoms with Crippen molar-refractivity contribution in [2.75, 3.05) is 19.0 Å². The van der Waals surface area contributed by atoms with Crippen LogP contribution < -0.4 is 4.90 Å². The van der Waals surface area contributed by atoms with Crippen LogP contribution >= 0.6 is 0 Å². The van der Waals surface area contributed by atoms with Gasteiger partial charge >= 0.3 is 0 Å². The summed E-state index contributed by atoms with van der Waals surface area (Å²) in [5, 5.41) is 0. The molecule has 0 radical (unpaired) electrons. The Kier molecular flexibility index (Phi) is 4.86. The second-order valence-electron chi connectivity index (χ2n) is 7.40. The Balaban J connectivity index is 2.08. The maximum Gasteiger partial charge on any atom is 0.238 e. The van der Waals surface area contributed by atoms with Gasteiger partial charge in [0.15, 0.2) is 0 Å². The van der Waals surface area contributed by atoms with E-state index in [0.29, 0.717) is 6.42 Å². The molecule has 0 bridgehead atoms. The third kappa shape index (κ3) is 3.00. The quantitative estimate of drug-likeness (QED) is 0.829. The number of fused-ring (bicyclic) bond motifs is 1. The van der Waals surface area contributed by atoms with E-state index in [0.717, 1.165) is 16.8 Å². The third-order valence-electron chi connectivity index (χ3n) is 5.46. The average Bonchev–Trinajstić information content (AvgIpc) is 2.84. The van der Waals surface area contributed by atoms with Gasteiger partial charge in [0.2, 0.25) is 11.8 Å². The predicted molar refractivity (Wildman–Crippen MR) is 104 cm³/mol. The number of likely N-dealkylation sites (N-methyl/N-ethyl adjacent to an activating group) is 1. The van der Waals surface area contributed by atoms with Crippen LogP contribution in [0.2, 0.25) is 0 Å². The van der Waals surface area contributed by atoms with E-state index in [-0.39, 0.29) is 24.3 Å². The summed E-state index contributed by atoms with van der Waals surface area (Å²) in [4.78, 5) is 29.7. The fraction of sp³-hybridized carbons (Fsp3) is 0.364. The van der Waals surface area contributed by atoms with Gasteiger partial charge in [-0.1, -0.05) is 48.5 Å². The first-order valence-electron chi connectivity index (χ1n) is 9.04. The Labute approximate surface area is 155 Å². The van der Waals surface area contributed by atoms with Crippen molar-refractivity contribution in [3.8, 4) is 0 Å². The van der Waals surface area contributed by atoms with Crippen molar-refractivity contribution >= 4 is 17.5 Å². The van der Waals surface area contributed by atoms with Crippen LogP contribution in [0.1, 0.15) is 31.4 Å². The fourth-order valence-electron chi connectivity index (χ4n) is 3.74. The highest BCUT2D eigenvalue weighted by molar-refractivity contribution is 6.09. The molecule has 2 amide bonds. The molecule has 2 aromatic carbocycles. The van der Waals surface area contributed by atoms with Gasteiger partial charge < -0.3 is 9.80 Å². The summed E-state index contributed by atoms with van der Waals surface area (Å²) in [6.07, 6.45) is 0.697. The largest absolute Gasteiger partial charge is 0.343 e. The van der Waals surface area contributed by atoms with Gasteiger partial charge in [-0.25, -0.2) is 0 Å². The molecule has 2 aromatic rings. The SMILES string of the molecule is CC(C)N(C)C(=O)CC1(Cc2ccccc2)C(=O)N(C)c2ccccc21. The number of hydrogen-bond donors (Lipinski definition) is 0. The number of anilines is 1. The second kappa shape index (κ2) is 6.94. The lowest BCUT2D eigenvalue weighted by atomic mass is 9.73. The zero-order chi connectivity index (χ0) is 18.9. The van der Waals surface area contributed by atoms with E-state index in [1.165, 1.54) is 0 Å². The number of para-hydroxylation sites is 1. The van der Waals surface area contributed by atoms with E-state index >= 15 is 0 Å². The molecular formula is C22H26N2O2. The minimum atomic E-state index is -0.854. The molecule has 136 valence electrons. The molecule has 1 aliphatic heterocycles. The molecule has 1 unspecified atom stereocenters. The number of amides is 2. The molecule has 0 aromatic heterocycles. The van der Waals surface area contributed by atoms with Gasteiger partial charge in [-0.2, -0.15) is 0 Å². The lowest BCUT2D eigenvalue weighted by Crippen LogP contribution is -2.45. The van der Waals surface area contributed by atoms with Crippen LogP contribution in [0.25, 0.3) is 0 Å². The van der Waals surface area contributed by atoms with Crippen molar-refractivity contribution in [1.82, 2.24) is 4.90 Å². The highest BCUT2D eigenvalue weighted by atomic mass is 16.2. The van der Waals surface area contributed by atoms with Crippen molar-refractivity contribution < 1.29 is 9.59 Å². The number of benzene rings is 2. The van der Waals surface area contributed by atoms with Crippen LogP contribution in [-0.2, 0) is 21.4 Å². The molecule has 4 heteroatoms. The average molecular weight is 350 g/mol. The lowest BCUT2D eigenvalue weighted by Gasteiger charge is -2.31. The summed E-state index contributed by atoms with van der Waals surface area (Å²) in [5.74, 6) is -0.0116. The van der Waals surface area contributed by atoms with Gasteiger partial charge in [0, 0.05) is 32.2 Å². The van der Waals surface area contributed by atoms with Crippen LogP contribution in [0.15, 0.2) is 54.6 Å². The number of carbonyl (C=O) groups excluding carboxylic acids is 2. The highest BCUT2D eigenvalue weighted by Gasteiger charge is 2.51. The van der Waals surface area contributed by atoms with E-state index in [1.807, 2.05) is 68.4 Å². The zero-order valence-corrected chi connectivity index (χ0v) is 15.9. The van der Waals surface area contributed by atoms with Crippen molar-refractivity contribution in [3.63, 3.8) is 0 Å². The van der Waals surface area contributed by atoms with Crippen LogP contribution in [0.3, 0.4) is 0 Å². The Morgan fingerprint density at radius 3 is 2.35 bits per heavy atom. The van der Waals surface area contributed by atoms with Crippen LogP contribution in [0, 0.1) is 0 Å². The molecule has 1 atom stereocenters. The number of nitrogens with zero attached hydrogens (tertiary/aromatic N) is 2. The first-order valence-corrected chi connectivity index (χ1v) is 9.04. The van der Waals surface area contributed by atoms with Crippen LogP contribution in [0.4, 0.5) is 5.69 Å². The van der Waals surface area contributed by atoms with E-state index in [9.17, 15) is 9.59 Å². The molecular weight excluding hydrogens is 324 g/mol. The minimum absolute atomic E-state index is 0.00520. The molecule has 0 saturated carbocycles. The van der Waals surface area contributed by atoms with Gasteiger partial charge in [0.1, 0.15) is 0 Å². The Morgan fingerprint density at radius 1 is 1.08 bits per heavy atom. The van der Waals surface area contributed by atoms with Gasteiger partial charge in [-0.3, -0.25) is 9.59 Å². The normalized spacial score (nSPS) is 19.0. The Hall–Kier alpha value is -2.62. The summed E-state index contributed by atoms with van der Waals surface area (Å²) in [6, 6.07) is 17.9. The predicted octanol–water partition coefficient (Wildman–Crippen LogP) is 3.40. The van der Waals surface area contributed by atoms with E-state index in [4.69, 9.17) is 0 Å². The summed E-state index contributed by atoms with van der Waals surface area (Å²) >= 11 is 0. The first kappa shape index (κ1) is 18.2. The van der Waals surface area contributed by atoms with Crippen molar-refractivity contribution in [2.24, 2.45) is 0 Å². The van der Waals surface area contributed by atoms with Gasteiger partial charge in [0.05, 0.1) is 5.41 Å². The standard InChI is InChI=1S/C22H26N2O2/c1-16(2)23(3)20(25)15-22(14-17-10-6-5-7-11-17)18-12-8-9-13-19(18)24(4)21(22)26/h5-13,16H,14-15H2,1-4H3. The molecule has 4 nitrogen and oxygen atoms in total. The Bertz CT molecular complexity index is 816. The van der Waals surface area contributed by atoms with Gasteiger partial charge in [0.25, 0.3) is 0 Å². The molecule has 3 rings (SSSR count). The fourth-order valence-corrected chi connectivity index (χ4v) is 3.74. The first-order chi connectivity index (χ1) is 12.4. The third-order valence-corrected chi connectivity index (χ3v) is 5.46.